The molecule has 2 fully saturated rings. The lowest BCUT2D eigenvalue weighted by molar-refractivity contribution is -0.125. The van der Waals surface area contributed by atoms with Crippen LogP contribution in [0, 0.1) is 11.3 Å². The zero-order valence-corrected chi connectivity index (χ0v) is 16.9. The van der Waals surface area contributed by atoms with Gasteiger partial charge in [0.15, 0.2) is 0 Å². The van der Waals surface area contributed by atoms with Gasteiger partial charge >= 0.3 is 0 Å². The number of fused-ring (bicyclic) bond motifs is 2. The van der Waals surface area contributed by atoms with Crippen LogP contribution in [0.1, 0.15) is 73.6 Å². The Morgan fingerprint density at radius 2 is 1.52 bits per heavy atom. The minimum absolute atomic E-state index is 0.0346. The maximum absolute atomic E-state index is 12.3. The van der Waals surface area contributed by atoms with Gasteiger partial charge in [-0.1, -0.05) is 20.8 Å². The van der Waals surface area contributed by atoms with Crippen LogP contribution in [0.15, 0.2) is 0 Å². The quantitative estimate of drug-likeness (QED) is 0.800. The molecule has 0 spiro atoms. The second kappa shape index (κ2) is 7.65. The number of nitrogens with one attached hydrogen (secondary N) is 2. The van der Waals surface area contributed by atoms with Crippen LogP contribution in [-0.4, -0.2) is 47.4 Å². The summed E-state index contributed by atoms with van der Waals surface area (Å²) in [6.45, 7) is 13.6. The molecular weight excluding hydrogens is 314 g/mol. The van der Waals surface area contributed by atoms with E-state index in [9.17, 15) is 9.59 Å². The molecule has 0 radical (unpaired) electrons. The van der Waals surface area contributed by atoms with Gasteiger partial charge in [-0.3, -0.25) is 14.5 Å². The Labute approximate surface area is 153 Å². The highest BCUT2D eigenvalue weighted by molar-refractivity contribution is 5.79. The van der Waals surface area contributed by atoms with Gasteiger partial charge in [0.05, 0.1) is 6.54 Å². The van der Waals surface area contributed by atoms with Gasteiger partial charge in [-0.15, -0.1) is 0 Å². The van der Waals surface area contributed by atoms with E-state index in [1.54, 1.807) is 0 Å². The number of rotatable bonds is 5. The van der Waals surface area contributed by atoms with E-state index in [1.807, 2.05) is 20.8 Å². The summed E-state index contributed by atoms with van der Waals surface area (Å²) in [6, 6.07) is 0.989. The molecule has 2 bridgehead atoms. The van der Waals surface area contributed by atoms with E-state index in [0.717, 1.165) is 19.4 Å². The summed E-state index contributed by atoms with van der Waals surface area (Å²) in [5.41, 5.74) is -0.140. The van der Waals surface area contributed by atoms with Gasteiger partial charge in [0.1, 0.15) is 0 Å². The Kier molecular flexibility index (Phi) is 6.18. The molecule has 5 heteroatoms. The molecular formula is C20H37N3O2. The summed E-state index contributed by atoms with van der Waals surface area (Å²) in [6.07, 6.45) is 5.12. The summed E-state index contributed by atoms with van der Waals surface area (Å²) in [5.74, 6) is 0.830. The number of piperidine rings is 1. The van der Waals surface area contributed by atoms with Crippen molar-refractivity contribution in [3.05, 3.63) is 0 Å². The Hall–Kier alpha value is -1.10. The molecule has 1 unspecified atom stereocenters. The first kappa shape index (κ1) is 20.2. The van der Waals surface area contributed by atoms with Crippen LogP contribution < -0.4 is 10.6 Å². The minimum Gasteiger partial charge on any atom is -0.356 e. The number of hydrogen-bond donors (Lipinski definition) is 2. The molecule has 2 N–H and O–H groups in total. The van der Waals surface area contributed by atoms with Crippen molar-refractivity contribution >= 4 is 11.8 Å². The third-order valence-corrected chi connectivity index (χ3v) is 5.10. The standard InChI is InChI=1S/C20H37N3O2/c1-19(2,3)11-17(24)21-12-14-9-15-7-8-16(10-14)23(15)13-18(25)22-20(4,5)6/h14-16H,7-13H2,1-6H3,(H,21,24)(H,22,25)/t14?,15-,16+. The summed E-state index contributed by atoms with van der Waals surface area (Å²) in [7, 11) is 0. The van der Waals surface area contributed by atoms with Crippen LogP contribution in [0.4, 0.5) is 0 Å². The fourth-order valence-electron chi connectivity index (χ4n) is 4.24. The molecule has 25 heavy (non-hydrogen) atoms. The van der Waals surface area contributed by atoms with E-state index in [0.29, 0.717) is 31.0 Å². The normalized spacial score (nSPS) is 27.2. The summed E-state index contributed by atoms with van der Waals surface area (Å²) < 4.78 is 0. The van der Waals surface area contributed by atoms with Crippen LogP contribution in [0.5, 0.6) is 0 Å². The van der Waals surface area contributed by atoms with E-state index < -0.39 is 0 Å². The topological polar surface area (TPSA) is 61.4 Å². The van der Waals surface area contributed by atoms with Gasteiger partial charge in [0.2, 0.25) is 11.8 Å². The SMILES string of the molecule is CC(C)(C)CC(=O)NCC1C[C@H]2CC[C@@H](C1)N2CC(=O)NC(C)(C)C. The third kappa shape index (κ3) is 6.61. The molecule has 2 amide bonds. The lowest BCUT2D eigenvalue weighted by atomic mass is 9.89. The molecule has 2 saturated heterocycles. The van der Waals surface area contributed by atoms with E-state index in [1.165, 1.54) is 12.8 Å². The van der Waals surface area contributed by atoms with Crippen LogP contribution in [0.25, 0.3) is 0 Å². The fourth-order valence-corrected chi connectivity index (χ4v) is 4.24. The lowest BCUT2D eigenvalue weighted by Gasteiger charge is -2.39. The van der Waals surface area contributed by atoms with Crippen molar-refractivity contribution in [2.75, 3.05) is 13.1 Å². The number of carbonyl (C=O) groups excluding carboxylic acids is 2. The highest BCUT2D eigenvalue weighted by Crippen LogP contribution is 2.38. The van der Waals surface area contributed by atoms with Crippen LogP contribution in [0.2, 0.25) is 0 Å². The van der Waals surface area contributed by atoms with Crippen molar-refractivity contribution in [1.82, 2.24) is 15.5 Å². The van der Waals surface area contributed by atoms with Crippen molar-refractivity contribution < 1.29 is 9.59 Å². The van der Waals surface area contributed by atoms with Crippen molar-refractivity contribution in [2.24, 2.45) is 11.3 Å². The van der Waals surface area contributed by atoms with Crippen molar-refractivity contribution in [3.8, 4) is 0 Å². The Morgan fingerprint density at radius 3 is 2.00 bits per heavy atom. The summed E-state index contributed by atoms with van der Waals surface area (Å²) in [5, 5.41) is 6.20. The van der Waals surface area contributed by atoms with Gasteiger partial charge in [-0.05, 0) is 57.8 Å². The summed E-state index contributed by atoms with van der Waals surface area (Å²) in [4.78, 5) is 26.7. The molecule has 2 rings (SSSR count). The van der Waals surface area contributed by atoms with Gasteiger partial charge in [0.25, 0.3) is 0 Å². The average Bonchev–Trinajstić information content (AvgIpc) is 2.65. The molecule has 2 aliphatic heterocycles. The Morgan fingerprint density at radius 1 is 0.960 bits per heavy atom. The third-order valence-electron chi connectivity index (χ3n) is 5.10. The highest BCUT2D eigenvalue weighted by Gasteiger charge is 2.41. The molecule has 0 saturated carbocycles. The van der Waals surface area contributed by atoms with E-state index in [-0.39, 0.29) is 22.8 Å². The average molecular weight is 352 g/mol. The molecule has 5 nitrogen and oxygen atoms in total. The van der Waals surface area contributed by atoms with Crippen molar-refractivity contribution in [1.29, 1.82) is 0 Å². The van der Waals surface area contributed by atoms with E-state index in [2.05, 4.69) is 36.3 Å². The van der Waals surface area contributed by atoms with Gasteiger partial charge in [-0.25, -0.2) is 0 Å². The monoisotopic (exact) mass is 351 g/mol. The fraction of sp³-hybridized carbons (Fsp3) is 0.900. The first-order chi connectivity index (χ1) is 11.4. The lowest BCUT2D eigenvalue weighted by Crippen LogP contribution is -2.52. The molecule has 0 aromatic carbocycles. The minimum atomic E-state index is -0.175. The van der Waals surface area contributed by atoms with Crippen LogP contribution in [-0.2, 0) is 9.59 Å². The second-order valence-electron chi connectivity index (χ2n) is 10.2. The summed E-state index contributed by atoms with van der Waals surface area (Å²) >= 11 is 0. The largest absolute Gasteiger partial charge is 0.356 e. The highest BCUT2D eigenvalue weighted by atomic mass is 16.2. The molecule has 0 aromatic heterocycles. The molecule has 2 aliphatic rings. The zero-order chi connectivity index (χ0) is 18.8. The number of carbonyl (C=O) groups is 2. The van der Waals surface area contributed by atoms with E-state index >= 15 is 0 Å². The first-order valence-corrected chi connectivity index (χ1v) is 9.76. The Bertz CT molecular complexity index is 476. The zero-order valence-electron chi connectivity index (χ0n) is 16.9. The van der Waals surface area contributed by atoms with Crippen LogP contribution >= 0.6 is 0 Å². The van der Waals surface area contributed by atoms with Gasteiger partial charge < -0.3 is 10.6 Å². The smallest absolute Gasteiger partial charge is 0.234 e. The maximum atomic E-state index is 12.3. The van der Waals surface area contributed by atoms with Gasteiger partial charge in [-0.2, -0.15) is 0 Å². The van der Waals surface area contributed by atoms with Crippen molar-refractivity contribution in [3.63, 3.8) is 0 Å². The number of hydrogen-bond acceptors (Lipinski definition) is 3. The van der Waals surface area contributed by atoms with Crippen molar-refractivity contribution in [2.45, 2.75) is 91.3 Å². The molecule has 0 aromatic rings. The molecule has 3 atom stereocenters. The van der Waals surface area contributed by atoms with Gasteiger partial charge in [0, 0.05) is 30.6 Å². The maximum Gasteiger partial charge on any atom is 0.234 e. The predicted molar refractivity (Wildman–Crippen MR) is 101 cm³/mol. The van der Waals surface area contributed by atoms with Crippen LogP contribution in [0.3, 0.4) is 0 Å². The second-order valence-corrected chi connectivity index (χ2v) is 10.2. The molecule has 0 aliphatic carbocycles. The molecule has 144 valence electrons. The first-order valence-electron chi connectivity index (χ1n) is 9.76. The van der Waals surface area contributed by atoms with E-state index in [4.69, 9.17) is 0 Å². The Balaban J connectivity index is 1.79. The molecule has 2 heterocycles. The predicted octanol–water partition coefficient (Wildman–Crippen LogP) is 2.70. The number of nitrogens with zero attached hydrogens (tertiary/aromatic N) is 1. The number of amides is 2.